The minimum atomic E-state index is -3.72. The van der Waals surface area contributed by atoms with Crippen LogP contribution >= 0.6 is 10.7 Å². The Bertz CT molecular complexity index is 571. The molecule has 0 aromatic heterocycles. The standard InChI is InChI=1S/C13H15ClO3S/c1-4-5-6-7-17-12-8-10(2)13(11(3)9-12)18(14,15)16/h8-9H,6-7H2,1-3H3. The molecule has 1 aromatic carbocycles. The van der Waals surface area contributed by atoms with Crippen LogP contribution in [-0.4, -0.2) is 15.0 Å². The highest BCUT2D eigenvalue weighted by molar-refractivity contribution is 8.13. The highest BCUT2D eigenvalue weighted by Gasteiger charge is 2.17. The first-order valence-corrected chi connectivity index (χ1v) is 7.75. The van der Waals surface area contributed by atoms with Crippen molar-refractivity contribution < 1.29 is 13.2 Å². The van der Waals surface area contributed by atoms with Crippen molar-refractivity contribution in [3.05, 3.63) is 23.3 Å². The molecule has 0 saturated heterocycles. The molecule has 0 aliphatic rings. The molecule has 5 heteroatoms. The van der Waals surface area contributed by atoms with Gasteiger partial charge < -0.3 is 4.74 Å². The van der Waals surface area contributed by atoms with Crippen LogP contribution in [0.5, 0.6) is 5.75 Å². The van der Waals surface area contributed by atoms with E-state index in [9.17, 15) is 8.42 Å². The van der Waals surface area contributed by atoms with Crippen molar-refractivity contribution in [2.45, 2.75) is 32.1 Å². The molecule has 0 radical (unpaired) electrons. The fourth-order valence-electron chi connectivity index (χ4n) is 1.72. The van der Waals surface area contributed by atoms with E-state index < -0.39 is 9.05 Å². The van der Waals surface area contributed by atoms with Crippen LogP contribution in [0, 0.1) is 25.7 Å². The van der Waals surface area contributed by atoms with Crippen molar-refractivity contribution in [2.75, 3.05) is 6.61 Å². The number of halogens is 1. The number of hydrogen-bond donors (Lipinski definition) is 0. The molecule has 0 heterocycles. The van der Waals surface area contributed by atoms with Crippen LogP contribution in [0.15, 0.2) is 17.0 Å². The first-order valence-electron chi connectivity index (χ1n) is 5.44. The van der Waals surface area contributed by atoms with Crippen LogP contribution in [0.2, 0.25) is 0 Å². The molecule has 0 atom stereocenters. The summed E-state index contributed by atoms with van der Waals surface area (Å²) in [4.78, 5) is 0.157. The third-order valence-corrected chi connectivity index (χ3v) is 3.94. The first kappa shape index (κ1) is 14.9. The van der Waals surface area contributed by atoms with Crippen molar-refractivity contribution >= 4 is 19.7 Å². The van der Waals surface area contributed by atoms with Crippen molar-refractivity contribution in [3.8, 4) is 17.6 Å². The monoisotopic (exact) mass is 286 g/mol. The van der Waals surface area contributed by atoms with Gasteiger partial charge in [-0.05, 0) is 44.0 Å². The van der Waals surface area contributed by atoms with E-state index in [0.29, 0.717) is 29.9 Å². The lowest BCUT2D eigenvalue weighted by molar-refractivity contribution is 0.326. The van der Waals surface area contributed by atoms with E-state index in [2.05, 4.69) is 11.8 Å². The van der Waals surface area contributed by atoms with Gasteiger partial charge in [-0.15, -0.1) is 11.8 Å². The van der Waals surface area contributed by atoms with Gasteiger partial charge in [-0.2, -0.15) is 0 Å². The molecule has 0 aliphatic heterocycles. The van der Waals surface area contributed by atoms with Crippen LogP contribution in [0.1, 0.15) is 24.5 Å². The molecule has 18 heavy (non-hydrogen) atoms. The average Bonchev–Trinajstić information content (AvgIpc) is 2.21. The lowest BCUT2D eigenvalue weighted by Gasteiger charge is -2.10. The molecule has 3 nitrogen and oxygen atoms in total. The van der Waals surface area contributed by atoms with Gasteiger partial charge in [0, 0.05) is 17.1 Å². The minimum Gasteiger partial charge on any atom is -0.493 e. The maximum atomic E-state index is 11.4. The zero-order valence-corrected chi connectivity index (χ0v) is 12.2. The van der Waals surface area contributed by atoms with Crippen LogP contribution < -0.4 is 4.74 Å². The number of benzene rings is 1. The Morgan fingerprint density at radius 3 is 2.28 bits per heavy atom. The number of rotatable bonds is 4. The first-order chi connectivity index (χ1) is 8.36. The smallest absolute Gasteiger partial charge is 0.261 e. The van der Waals surface area contributed by atoms with Gasteiger partial charge in [-0.3, -0.25) is 0 Å². The number of hydrogen-bond acceptors (Lipinski definition) is 3. The van der Waals surface area contributed by atoms with Crippen LogP contribution in [0.4, 0.5) is 0 Å². The third kappa shape index (κ3) is 3.94. The van der Waals surface area contributed by atoms with Gasteiger partial charge in [0.25, 0.3) is 9.05 Å². The summed E-state index contributed by atoms with van der Waals surface area (Å²) in [5.74, 6) is 6.30. The molecule has 98 valence electrons. The second-order valence-electron chi connectivity index (χ2n) is 3.85. The Hall–Kier alpha value is -1.18. The minimum absolute atomic E-state index is 0.157. The Morgan fingerprint density at radius 2 is 1.83 bits per heavy atom. The normalized spacial score (nSPS) is 10.7. The maximum Gasteiger partial charge on any atom is 0.261 e. The molecular weight excluding hydrogens is 272 g/mol. The maximum absolute atomic E-state index is 11.4. The van der Waals surface area contributed by atoms with Gasteiger partial charge in [0.2, 0.25) is 0 Å². The Balaban J connectivity index is 2.96. The predicted octanol–water partition coefficient (Wildman–Crippen LogP) is 3.02. The quantitative estimate of drug-likeness (QED) is 0.485. The summed E-state index contributed by atoms with van der Waals surface area (Å²) >= 11 is 0. The highest BCUT2D eigenvalue weighted by atomic mass is 35.7. The molecular formula is C13H15ClO3S. The molecule has 0 amide bonds. The van der Waals surface area contributed by atoms with Gasteiger partial charge in [-0.1, -0.05) is 0 Å². The highest BCUT2D eigenvalue weighted by Crippen LogP contribution is 2.28. The summed E-state index contributed by atoms with van der Waals surface area (Å²) in [5, 5.41) is 0. The fraction of sp³-hybridized carbons (Fsp3) is 0.385. The third-order valence-electron chi connectivity index (χ3n) is 2.35. The van der Waals surface area contributed by atoms with Crippen molar-refractivity contribution in [3.63, 3.8) is 0 Å². The van der Waals surface area contributed by atoms with Crippen LogP contribution in [-0.2, 0) is 9.05 Å². The molecule has 0 spiro atoms. The summed E-state index contributed by atoms with van der Waals surface area (Å²) in [6.07, 6.45) is 0.643. The van der Waals surface area contributed by atoms with E-state index in [4.69, 9.17) is 15.4 Å². The average molecular weight is 287 g/mol. The lowest BCUT2D eigenvalue weighted by Crippen LogP contribution is -2.01. The molecule has 0 unspecified atom stereocenters. The zero-order chi connectivity index (χ0) is 13.8. The van der Waals surface area contributed by atoms with Gasteiger partial charge in [0.1, 0.15) is 5.75 Å². The lowest BCUT2D eigenvalue weighted by atomic mass is 10.1. The zero-order valence-electron chi connectivity index (χ0n) is 10.6. The number of aryl methyl sites for hydroxylation is 2. The van der Waals surface area contributed by atoms with E-state index in [-0.39, 0.29) is 4.90 Å². The summed E-state index contributed by atoms with van der Waals surface area (Å²) in [5.41, 5.74) is 1.17. The summed E-state index contributed by atoms with van der Waals surface area (Å²) < 4.78 is 28.3. The van der Waals surface area contributed by atoms with Crippen molar-refractivity contribution in [1.82, 2.24) is 0 Å². The van der Waals surface area contributed by atoms with E-state index in [1.54, 1.807) is 32.9 Å². The summed E-state index contributed by atoms with van der Waals surface area (Å²) in [6.45, 7) is 5.64. The van der Waals surface area contributed by atoms with Crippen molar-refractivity contribution in [1.29, 1.82) is 0 Å². The second kappa shape index (κ2) is 6.12. The Morgan fingerprint density at radius 1 is 1.28 bits per heavy atom. The molecule has 0 saturated carbocycles. The topological polar surface area (TPSA) is 43.4 Å². The van der Waals surface area contributed by atoms with E-state index in [1.807, 2.05) is 0 Å². The largest absolute Gasteiger partial charge is 0.493 e. The van der Waals surface area contributed by atoms with Gasteiger partial charge in [-0.25, -0.2) is 8.42 Å². The predicted molar refractivity (Wildman–Crippen MR) is 72.5 cm³/mol. The SMILES string of the molecule is CC#CCCOc1cc(C)c(S(=O)(=O)Cl)c(C)c1. The summed E-state index contributed by atoms with van der Waals surface area (Å²) in [7, 11) is 1.66. The van der Waals surface area contributed by atoms with E-state index in [0.717, 1.165) is 0 Å². The molecule has 0 aliphatic carbocycles. The molecule has 1 rings (SSSR count). The van der Waals surface area contributed by atoms with Gasteiger partial charge >= 0.3 is 0 Å². The second-order valence-corrected chi connectivity index (χ2v) is 6.35. The molecule has 0 fully saturated rings. The Labute approximate surface area is 113 Å². The molecule has 1 aromatic rings. The van der Waals surface area contributed by atoms with Gasteiger partial charge in [0.15, 0.2) is 0 Å². The van der Waals surface area contributed by atoms with E-state index >= 15 is 0 Å². The number of ether oxygens (including phenoxy) is 1. The van der Waals surface area contributed by atoms with Crippen molar-refractivity contribution in [2.24, 2.45) is 0 Å². The molecule has 0 bridgehead atoms. The Kier molecular flexibility index (Phi) is 5.06. The summed E-state index contributed by atoms with van der Waals surface area (Å²) in [6, 6.07) is 3.34. The van der Waals surface area contributed by atoms with Crippen LogP contribution in [0.25, 0.3) is 0 Å². The van der Waals surface area contributed by atoms with Gasteiger partial charge in [0.05, 0.1) is 11.5 Å². The van der Waals surface area contributed by atoms with E-state index in [1.165, 1.54) is 0 Å². The molecule has 0 N–H and O–H groups in total. The fourth-order valence-corrected chi connectivity index (χ4v) is 3.34. The van der Waals surface area contributed by atoms with Crippen LogP contribution in [0.3, 0.4) is 0 Å².